The quantitative estimate of drug-likeness (QED) is 0.505. The Morgan fingerprint density at radius 2 is 2.00 bits per heavy atom. The third-order valence-electron chi connectivity index (χ3n) is 5.86. The zero-order valence-electron chi connectivity index (χ0n) is 18.3. The molecule has 4 rings (SSSR count). The molecule has 1 aliphatic heterocycles. The van der Waals surface area contributed by atoms with Crippen LogP contribution in [0.4, 0.5) is 0 Å². The zero-order valence-corrected chi connectivity index (χ0v) is 18.3. The van der Waals surface area contributed by atoms with E-state index in [1.165, 1.54) is 18.3 Å². The average Bonchev–Trinajstić information content (AvgIpc) is 3.53. The molecule has 3 heterocycles. The molecule has 1 aromatic carbocycles. The number of ketones is 1. The monoisotopic (exact) mass is 438 g/mol. The highest BCUT2D eigenvalue weighted by Gasteiger charge is 2.45. The first-order valence-corrected chi connectivity index (χ1v) is 10.6. The molecule has 8 nitrogen and oxygen atoms in total. The van der Waals surface area contributed by atoms with Crippen LogP contribution in [0.25, 0.3) is 11.0 Å². The summed E-state index contributed by atoms with van der Waals surface area (Å²) in [6.45, 7) is 6.68. The van der Waals surface area contributed by atoms with Crippen LogP contribution in [0, 0.1) is 0 Å². The lowest BCUT2D eigenvalue weighted by Crippen LogP contribution is -2.38. The van der Waals surface area contributed by atoms with Gasteiger partial charge in [0.05, 0.1) is 18.9 Å². The van der Waals surface area contributed by atoms with Gasteiger partial charge in [-0.15, -0.1) is 0 Å². The molecule has 1 N–H and O–H groups in total. The Balaban J connectivity index is 1.72. The van der Waals surface area contributed by atoms with Crippen molar-refractivity contribution in [1.82, 2.24) is 9.80 Å². The Morgan fingerprint density at radius 1 is 1.22 bits per heavy atom. The van der Waals surface area contributed by atoms with Gasteiger partial charge in [-0.1, -0.05) is 26.0 Å². The Morgan fingerprint density at radius 3 is 2.66 bits per heavy atom. The number of likely N-dealkylation sites (N-methyl/N-ethyl adjacent to an activating group) is 1. The number of carbonyl (C=O) groups is 2. The fourth-order valence-electron chi connectivity index (χ4n) is 4.09. The molecule has 1 aliphatic rings. The summed E-state index contributed by atoms with van der Waals surface area (Å²) in [5, 5.41) is 11.4. The standard InChI is InChI=1S/C24H26N2O6/c1-4-25(5-2)11-12-26-20(16-10-7-13-31-16)19(22(28)24(26)29)21(27)18-14-15-8-6-9-17(30-3)23(15)32-18/h6-10,13-14,20,28H,4-5,11-12H2,1-3H3/t20-/m0/s1. The molecule has 0 spiro atoms. The van der Waals surface area contributed by atoms with Crippen LogP contribution < -0.4 is 4.74 Å². The lowest BCUT2D eigenvalue weighted by molar-refractivity contribution is -0.129. The summed E-state index contributed by atoms with van der Waals surface area (Å²) in [6, 6.07) is 9.45. The van der Waals surface area contributed by atoms with Crippen molar-refractivity contribution in [1.29, 1.82) is 0 Å². The molecule has 8 heteroatoms. The topological polar surface area (TPSA) is 96.4 Å². The van der Waals surface area contributed by atoms with Crippen molar-refractivity contribution in [3.63, 3.8) is 0 Å². The van der Waals surface area contributed by atoms with Gasteiger partial charge in [-0.25, -0.2) is 0 Å². The molecular weight excluding hydrogens is 412 g/mol. The van der Waals surface area contributed by atoms with E-state index in [4.69, 9.17) is 13.6 Å². The van der Waals surface area contributed by atoms with Gasteiger partial charge < -0.3 is 28.5 Å². The average molecular weight is 438 g/mol. The number of benzene rings is 1. The van der Waals surface area contributed by atoms with Crippen molar-refractivity contribution in [3.8, 4) is 5.75 Å². The Bertz CT molecular complexity index is 1160. The molecule has 0 radical (unpaired) electrons. The third kappa shape index (κ3) is 3.67. The minimum atomic E-state index is -0.837. The highest BCUT2D eigenvalue weighted by molar-refractivity contribution is 6.16. The van der Waals surface area contributed by atoms with Crippen LogP contribution in [0.1, 0.15) is 36.2 Å². The highest BCUT2D eigenvalue weighted by atomic mass is 16.5. The van der Waals surface area contributed by atoms with Crippen molar-refractivity contribution in [2.45, 2.75) is 19.9 Å². The number of hydrogen-bond acceptors (Lipinski definition) is 7. The maximum atomic E-state index is 13.5. The number of nitrogens with zero attached hydrogens (tertiary/aromatic N) is 2. The SMILES string of the molecule is CCN(CC)CCN1C(=O)C(O)=C(C(=O)c2cc3cccc(OC)c3o2)[C@@H]1c1ccco1. The number of carbonyl (C=O) groups excluding carboxylic acids is 2. The number of fused-ring (bicyclic) bond motifs is 1. The first kappa shape index (κ1) is 21.7. The van der Waals surface area contributed by atoms with Crippen molar-refractivity contribution in [3.05, 3.63) is 65.5 Å². The van der Waals surface area contributed by atoms with Gasteiger partial charge in [0.15, 0.2) is 22.9 Å². The highest BCUT2D eigenvalue weighted by Crippen LogP contribution is 2.40. The molecule has 168 valence electrons. The van der Waals surface area contributed by atoms with Gasteiger partial charge in [-0.05, 0) is 37.4 Å². The number of hydrogen-bond donors (Lipinski definition) is 1. The maximum Gasteiger partial charge on any atom is 0.290 e. The predicted molar refractivity (Wildman–Crippen MR) is 118 cm³/mol. The molecule has 0 aliphatic carbocycles. The van der Waals surface area contributed by atoms with E-state index in [0.29, 0.717) is 35.6 Å². The number of para-hydroxylation sites is 1. The van der Waals surface area contributed by atoms with Crippen LogP contribution in [0.15, 0.2) is 62.8 Å². The van der Waals surface area contributed by atoms with Gasteiger partial charge in [-0.2, -0.15) is 0 Å². The van der Waals surface area contributed by atoms with Gasteiger partial charge in [0.25, 0.3) is 5.91 Å². The molecule has 0 saturated heterocycles. The van der Waals surface area contributed by atoms with Crippen molar-refractivity contribution >= 4 is 22.7 Å². The molecule has 32 heavy (non-hydrogen) atoms. The number of rotatable bonds is 9. The van der Waals surface area contributed by atoms with Crippen LogP contribution in [-0.2, 0) is 4.79 Å². The normalized spacial score (nSPS) is 16.6. The molecule has 0 unspecified atom stereocenters. The first-order chi connectivity index (χ1) is 15.5. The van der Waals surface area contributed by atoms with Crippen molar-refractivity contribution < 1.29 is 28.3 Å². The summed E-state index contributed by atoms with van der Waals surface area (Å²) < 4.78 is 16.7. The van der Waals surface area contributed by atoms with E-state index in [1.807, 2.05) is 13.8 Å². The molecule has 3 aromatic rings. The minimum Gasteiger partial charge on any atom is -0.503 e. The summed E-state index contributed by atoms with van der Waals surface area (Å²) >= 11 is 0. The molecule has 2 aromatic heterocycles. The maximum absolute atomic E-state index is 13.5. The summed E-state index contributed by atoms with van der Waals surface area (Å²) in [4.78, 5) is 30.1. The van der Waals surface area contributed by atoms with E-state index >= 15 is 0 Å². The Hall–Kier alpha value is -3.52. The second kappa shape index (κ2) is 8.92. The van der Waals surface area contributed by atoms with Crippen LogP contribution >= 0.6 is 0 Å². The van der Waals surface area contributed by atoms with Crippen molar-refractivity contribution in [2.75, 3.05) is 33.3 Å². The number of Topliss-reactive ketones (excluding diaryl/α,β-unsaturated/α-hetero) is 1. The second-order valence-electron chi connectivity index (χ2n) is 7.52. The number of amides is 1. The van der Waals surface area contributed by atoms with E-state index in [9.17, 15) is 14.7 Å². The lowest BCUT2D eigenvalue weighted by atomic mass is 9.99. The molecule has 0 saturated carbocycles. The van der Waals surface area contributed by atoms with E-state index in [2.05, 4.69) is 4.90 Å². The zero-order chi connectivity index (χ0) is 22.8. The fourth-order valence-corrected chi connectivity index (χ4v) is 4.09. The van der Waals surface area contributed by atoms with Gasteiger partial charge in [0.1, 0.15) is 11.8 Å². The van der Waals surface area contributed by atoms with E-state index in [1.54, 1.807) is 36.4 Å². The number of aliphatic hydroxyl groups excluding tert-OH is 1. The summed E-state index contributed by atoms with van der Waals surface area (Å²) in [6.07, 6.45) is 1.48. The van der Waals surface area contributed by atoms with Gasteiger partial charge >= 0.3 is 0 Å². The van der Waals surface area contributed by atoms with Gasteiger partial charge in [-0.3, -0.25) is 9.59 Å². The second-order valence-corrected chi connectivity index (χ2v) is 7.52. The summed E-state index contributed by atoms with van der Waals surface area (Å²) in [5.41, 5.74) is 0.373. The predicted octanol–water partition coefficient (Wildman–Crippen LogP) is 3.95. The van der Waals surface area contributed by atoms with Crippen LogP contribution in [0.3, 0.4) is 0 Å². The summed E-state index contributed by atoms with van der Waals surface area (Å²) in [7, 11) is 1.52. The third-order valence-corrected chi connectivity index (χ3v) is 5.86. The Labute approximate surface area is 185 Å². The molecular formula is C24H26N2O6. The van der Waals surface area contributed by atoms with E-state index in [-0.39, 0.29) is 11.3 Å². The van der Waals surface area contributed by atoms with Gasteiger partial charge in [0, 0.05) is 18.5 Å². The molecule has 1 amide bonds. The summed E-state index contributed by atoms with van der Waals surface area (Å²) in [5.74, 6) is -0.842. The number of furan rings is 2. The number of aliphatic hydroxyl groups is 1. The number of methoxy groups -OCH3 is 1. The first-order valence-electron chi connectivity index (χ1n) is 10.6. The smallest absolute Gasteiger partial charge is 0.290 e. The van der Waals surface area contributed by atoms with E-state index in [0.717, 1.165) is 13.1 Å². The van der Waals surface area contributed by atoms with Crippen LogP contribution in [0.5, 0.6) is 5.75 Å². The lowest BCUT2D eigenvalue weighted by Gasteiger charge is -2.27. The minimum absolute atomic E-state index is 0.0148. The molecule has 0 fully saturated rings. The van der Waals surface area contributed by atoms with Crippen LogP contribution in [-0.4, -0.2) is 59.9 Å². The molecule has 1 atom stereocenters. The van der Waals surface area contributed by atoms with Crippen LogP contribution in [0.2, 0.25) is 0 Å². The number of ether oxygens (including phenoxy) is 1. The van der Waals surface area contributed by atoms with Crippen molar-refractivity contribution in [2.24, 2.45) is 0 Å². The van der Waals surface area contributed by atoms with E-state index < -0.39 is 23.5 Å². The molecule has 0 bridgehead atoms. The largest absolute Gasteiger partial charge is 0.503 e. The fraction of sp³-hybridized carbons (Fsp3) is 0.333. The van der Waals surface area contributed by atoms with Gasteiger partial charge in [0.2, 0.25) is 5.78 Å². The Kier molecular flexibility index (Phi) is 6.05.